The van der Waals surface area contributed by atoms with Crippen molar-refractivity contribution in [3.05, 3.63) is 29.3 Å². The number of nitrogens with zero attached hydrogens (tertiary/aromatic N) is 1. The van der Waals surface area contributed by atoms with Gasteiger partial charge in [-0.3, -0.25) is 0 Å². The van der Waals surface area contributed by atoms with Crippen molar-refractivity contribution < 1.29 is 0 Å². The van der Waals surface area contributed by atoms with Crippen molar-refractivity contribution in [2.75, 3.05) is 31.6 Å². The first-order valence-electron chi connectivity index (χ1n) is 7.41. The largest absolute Gasteiger partial charge is 0.371 e. The Kier molecular flexibility index (Phi) is 4.19. The number of piperidine rings is 1. The zero-order valence-electron chi connectivity index (χ0n) is 13.1. The van der Waals surface area contributed by atoms with Gasteiger partial charge in [-0.1, -0.05) is 19.9 Å². The fourth-order valence-electron chi connectivity index (χ4n) is 3.17. The summed E-state index contributed by atoms with van der Waals surface area (Å²) in [7, 11) is 2.06. The van der Waals surface area contributed by atoms with Crippen LogP contribution in [0.5, 0.6) is 0 Å². The molecule has 2 rings (SSSR count). The molecule has 0 saturated carbocycles. The van der Waals surface area contributed by atoms with Crippen molar-refractivity contribution in [1.29, 1.82) is 0 Å². The van der Waals surface area contributed by atoms with Gasteiger partial charge < -0.3 is 10.2 Å². The summed E-state index contributed by atoms with van der Waals surface area (Å²) in [5.74, 6) is 0.778. The molecule has 1 atom stereocenters. The van der Waals surface area contributed by atoms with Crippen LogP contribution < -0.4 is 10.2 Å². The highest BCUT2D eigenvalue weighted by molar-refractivity contribution is 5.51. The van der Waals surface area contributed by atoms with Crippen LogP contribution in [0, 0.1) is 25.2 Å². The number of aryl methyl sites for hydroxylation is 2. The number of benzene rings is 1. The van der Waals surface area contributed by atoms with E-state index in [0.29, 0.717) is 5.41 Å². The monoisotopic (exact) mass is 260 g/mol. The molecule has 0 aliphatic carbocycles. The third kappa shape index (κ3) is 3.11. The minimum absolute atomic E-state index is 0.375. The summed E-state index contributed by atoms with van der Waals surface area (Å²) in [4.78, 5) is 2.55. The molecule has 0 aromatic heterocycles. The number of anilines is 1. The van der Waals surface area contributed by atoms with Crippen LogP contribution in [0.4, 0.5) is 5.69 Å². The Hall–Kier alpha value is -1.02. The summed E-state index contributed by atoms with van der Waals surface area (Å²) in [6.45, 7) is 12.7. The predicted octanol–water partition coefficient (Wildman–Crippen LogP) is 3.38. The topological polar surface area (TPSA) is 15.3 Å². The maximum atomic E-state index is 3.35. The molecule has 106 valence electrons. The van der Waals surface area contributed by atoms with Crippen LogP contribution in [-0.4, -0.2) is 26.7 Å². The number of nitrogens with one attached hydrogen (secondary N) is 1. The van der Waals surface area contributed by atoms with E-state index in [2.05, 4.69) is 63.2 Å². The third-order valence-corrected chi connectivity index (χ3v) is 4.76. The fraction of sp³-hybridized carbons (Fsp3) is 0.647. The van der Waals surface area contributed by atoms with Gasteiger partial charge in [0.25, 0.3) is 0 Å². The third-order valence-electron chi connectivity index (χ3n) is 4.76. The van der Waals surface area contributed by atoms with E-state index < -0.39 is 0 Å². The zero-order valence-corrected chi connectivity index (χ0v) is 13.1. The molecule has 19 heavy (non-hydrogen) atoms. The maximum absolute atomic E-state index is 3.35. The molecule has 1 aliphatic rings. The Labute approximate surface area is 118 Å². The van der Waals surface area contributed by atoms with Crippen molar-refractivity contribution in [3.63, 3.8) is 0 Å². The van der Waals surface area contributed by atoms with Crippen LogP contribution >= 0.6 is 0 Å². The first kappa shape index (κ1) is 14.4. The van der Waals surface area contributed by atoms with Gasteiger partial charge in [-0.05, 0) is 68.5 Å². The van der Waals surface area contributed by atoms with Gasteiger partial charge in [0.05, 0.1) is 0 Å². The van der Waals surface area contributed by atoms with Crippen molar-refractivity contribution >= 4 is 5.69 Å². The summed E-state index contributed by atoms with van der Waals surface area (Å²) in [6.07, 6.45) is 1.28. The minimum atomic E-state index is 0.375. The highest BCUT2D eigenvalue weighted by Crippen LogP contribution is 2.36. The van der Waals surface area contributed by atoms with Crippen LogP contribution in [0.3, 0.4) is 0 Å². The van der Waals surface area contributed by atoms with E-state index in [-0.39, 0.29) is 0 Å². The summed E-state index contributed by atoms with van der Waals surface area (Å²) >= 11 is 0. The Balaban J connectivity index is 2.13. The molecule has 1 aromatic carbocycles. The standard InChI is InChI=1S/C17H28N2/c1-13-6-7-16(10-14(13)2)19-9-8-15(11-18-5)17(3,4)12-19/h6-7,10,15,18H,8-9,11-12H2,1-5H3. The highest BCUT2D eigenvalue weighted by Gasteiger charge is 2.35. The number of hydrogen-bond donors (Lipinski definition) is 1. The van der Waals surface area contributed by atoms with Crippen molar-refractivity contribution in [1.82, 2.24) is 5.32 Å². The van der Waals surface area contributed by atoms with Crippen LogP contribution in [0.1, 0.15) is 31.4 Å². The quantitative estimate of drug-likeness (QED) is 0.896. The van der Waals surface area contributed by atoms with Crippen molar-refractivity contribution in [2.24, 2.45) is 11.3 Å². The summed E-state index contributed by atoms with van der Waals surface area (Å²) in [5, 5.41) is 3.35. The maximum Gasteiger partial charge on any atom is 0.0369 e. The molecule has 0 spiro atoms. The molecule has 1 aliphatic heterocycles. The Morgan fingerprint density at radius 3 is 2.58 bits per heavy atom. The van der Waals surface area contributed by atoms with Gasteiger partial charge in [-0.2, -0.15) is 0 Å². The van der Waals surface area contributed by atoms with Gasteiger partial charge >= 0.3 is 0 Å². The molecule has 1 aromatic rings. The van der Waals surface area contributed by atoms with Gasteiger partial charge in [-0.15, -0.1) is 0 Å². The molecule has 1 saturated heterocycles. The van der Waals surface area contributed by atoms with Crippen LogP contribution in [0.25, 0.3) is 0 Å². The molecule has 1 N–H and O–H groups in total. The average Bonchev–Trinajstić information content (AvgIpc) is 2.35. The Bertz CT molecular complexity index is 437. The number of hydrogen-bond acceptors (Lipinski definition) is 2. The van der Waals surface area contributed by atoms with Gasteiger partial charge in [0, 0.05) is 18.8 Å². The summed E-state index contributed by atoms with van der Waals surface area (Å²) < 4.78 is 0. The van der Waals surface area contributed by atoms with E-state index in [9.17, 15) is 0 Å². The molecule has 2 nitrogen and oxygen atoms in total. The predicted molar refractivity (Wildman–Crippen MR) is 83.9 cm³/mol. The SMILES string of the molecule is CNCC1CCN(c2ccc(C)c(C)c2)CC1(C)C. The van der Waals surface area contributed by atoms with Crippen LogP contribution in [-0.2, 0) is 0 Å². The molecular formula is C17H28N2. The van der Waals surface area contributed by atoms with Gasteiger partial charge in [0.15, 0.2) is 0 Å². The molecule has 2 heteroatoms. The molecule has 0 bridgehead atoms. The van der Waals surface area contributed by atoms with Crippen molar-refractivity contribution in [2.45, 2.75) is 34.1 Å². The fourth-order valence-corrected chi connectivity index (χ4v) is 3.17. The normalized spacial score (nSPS) is 22.6. The van der Waals surface area contributed by atoms with Crippen molar-refractivity contribution in [3.8, 4) is 0 Å². The van der Waals surface area contributed by atoms with E-state index >= 15 is 0 Å². The Morgan fingerprint density at radius 1 is 1.26 bits per heavy atom. The first-order chi connectivity index (χ1) is 8.94. The lowest BCUT2D eigenvalue weighted by Crippen LogP contribution is -2.48. The molecule has 1 fully saturated rings. The van der Waals surface area contributed by atoms with Gasteiger partial charge in [0.1, 0.15) is 0 Å². The van der Waals surface area contributed by atoms with E-state index in [4.69, 9.17) is 0 Å². The first-order valence-corrected chi connectivity index (χ1v) is 7.41. The van der Waals surface area contributed by atoms with E-state index in [0.717, 1.165) is 19.0 Å². The lowest BCUT2D eigenvalue weighted by molar-refractivity contribution is 0.174. The van der Waals surface area contributed by atoms with Gasteiger partial charge in [-0.25, -0.2) is 0 Å². The van der Waals surface area contributed by atoms with Crippen LogP contribution in [0.2, 0.25) is 0 Å². The zero-order chi connectivity index (χ0) is 14.0. The minimum Gasteiger partial charge on any atom is -0.371 e. The second-order valence-electron chi connectivity index (χ2n) is 6.72. The smallest absolute Gasteiger partial charge is 0.0369 e. The van der Waals surface area contributed by atoms with Crippen LogP contribution in [0.15, 0.2) is 18.2 Å². The van der Waals surface area contributed by atoms with E-state index in [1.807, 2.05) is 0 Å². The molecular weight excluding hydrogens is 232 g/mol. The second kappa shape index (κ2) is 5.54. The van der Waals surface area contributed by atoms with E-state index in [1.165, 1.54) is 29.8 Å². The average molecular weight is 260 g/mol. The molecule has 0 radical (unpaired) electrons. The lowest BCUT2D eigenvalue weighted by Gasteiger charge is -2.45. The Morgan fingerprint density at radius 2 is 2.00 bits per heavy atom. The number of rotatable bonds is 3. The second-order valence-corrected chi connectivity index (χ2v) is 6.72. The lowest BCUT2D eigenvalue weighted by atomic mass is 9.73. The molecule has 0 amide bonds. The molecule has 1 heterocycles. The van der Waals surface area contributed by atoms with Gasteiger partial charge in [0.2, 0.25) is 0 Å². The summed E-state index contributed by atoms with van der Waals surface area (Å²) in [6, 6.07) is 6.86. The highest BCUT2D eigenvalue weighted by atomic mass is 15.1. The van der Waals surface area contributed by atoms with E-state index in [1.54, 1.807) is 0 Å². The molecule has 1 unspecified atom stereocenters. The summed E-state index contributed by atoms with van der Waals surface area (Å²) in [5.41, 5.74) is 4.54.